The van der Waals surface area contributed by atoms with E-state index in [9.17, 15) is 4.79 Å². The molecule has 0 aromatic heterocycles. The second-order valence-electron chi connectivity index (χ2n) is 3.72. The molecule has 5 heteroatoms. The van der Waals surface area contributed by atoms with Gasteiger partial charge >= 0.3 is 5.97 Å². The van der Waals surface area contributed by atoms with Gasteiger partial charge in [-0.2, -0.15) is 11.8 Å². The fourth-order valence-electron chi connectivity index (χ4n) is 1.28. The number of aliphatic carboxylic acids is 1. The highest BCUT2D eigenvalue weighted by atomic mass is 35.5. The number of halogens is 1. The quantitative estimate of drug-likeness (QED) is 0.749. The second kappa shape index (κ2) is 7.58. The maximum atomic E-state index is 10.5. The third kappa shape index (κ3) is 5.96. The van der Waals surface area contributed by atoms with Crippen molar-refractivity contribution in [1.29, 1.82) is 0 Å². The van der Waals surface area contributed by atoms with Crippen molar-refractivity contribution in [2.75, 3.05) is 11.5 Å². The van der Waals surface area contributed by atoms with Crippen LogP contribution in [-0.2, 0) is 11.2 Å². The highest BCUT2D eigenvalue weighted by molar-refractivity contribution is 7.99. The zero-order chi connectivity index (χ0) is 12.7. The Morgan fingerprint density at radius 3 is 2.59 bits per heavy atom. The van der Waals surface area contributed by atoms with Gasteiger partial charge in [-0.1, -0.05) is 23.7 Å². The van der Waals surface area contributed by atoms with Gasteiger partial charge in [0.2, 0.25) is 0 Å². The van der Waals surface area contributed by atoms with E-state index >= 15 is 0 Å². The Kier molecular flexibility index (Phi) is 6.40. The SMILES string of the molecule is NC(CCSCCc1ccc(Cl)cc1)C(=O)O. The summed E-state index contributed by atoms with van der Waals surface area (Å²) in [5, 5.41) is 9.34. The predicted molar refractivity (Wildman–Crippen MR) is 72.7 cm³/mol. The van der Waals surface area contributed by atoms with Gasteiger partial charge in [0.15, 0.2) is 0 Å². The van der Waals surface area contributed by atoms with E-state index in [1.807, 2.05) is 24.3 Å². The molecule has 0 spiro atoms. The van der Waals surface area contributed by atoms with Crippen LogP contribution in [0.1, 0.15) is 12.0 Å². The topological polar surface area (TPSA) is 63.3 Å². The molecular formula is C12H16ClNO2S. The van der Waals surface area contributed by atoms with Crippen LogP contribution in [0.3, 0.4) is 0 Å². The summed E-state index contributed by atoms with van der Waals surface area (Å²) in [5.74, 6) is 0.818. The maximum absolute atomic E-state index is 10.5. The summed E-state index contributed by atoms with van der Waals surface area (Å²) in [6.07, 6.45) is 1.48. The summed E-state index contributed by atoms with van der Waals surface area (Å²) in [4.78, 5) is 10.5. The molecule has 1 atom stereocenters. The second-order valence-corrected chi connectivity index (χ2v) is 5.38. The highest BCUT2D eigenvalue weighted by Gasteiger charge is 2.09. The molecule has 94 valence electrons. The largest absolute Gasteiger partial charge is 0.480 e. The van der Waals surface area contributed by atoms with Gasteiger partial charge in [0.1, 0.15) is 6.04 Å². The molecule has 1 unspecified atom stereocenters. The first-order chi connectivity index (χ1) is 8.09. The Hall–Kier alpha value is -0.710. The van der Waals surface area contributed by atoms with Crippen molar-refractivity contribution in [3.8, 4) is 0 Å². The minimum absolute atomic E-state index is 0.515. The maximum Gasteiger partial charge on any atom is 0.320 e. The standard InChI is InChI=1S/C12H16ClNO2S/c13-10-3-1-9(2-4-10)5-7-17-8-6-11(14)12(15)16/h1-4,11H,5-8,14H2,(H,15,16). The number of hydrogen-bond acceptors (Lipinski definition) is 3. The minimum Gasteiger partial charge on any atom is -0.480 e. The fraction of sp³-hybridized carbons (Fsp3) is 0.417. The molecule has 0 fully saturated rings. The number of aryl methyl sites for hydroxylation is 1. The highest BCUT2D eigenvalue weighted by Crippen LogP contribution is 2.12. The van der Waals surface area contributed by atoms with E-state index in [1.54, 1.807) is 11.8 Å². The first-order valence-corrected chi connectivity index (χ1v) is 6.93. The predicted octanol–water partition coefficient (Wildman–Crippen LogP) is 2.42. The molecule has 1 rings (SSSR count). The van der Waals surface area contributed by atoms with Crippen LogP contribution in [0, 0.1) is 0 Å². The van der Waals surface area contributed by atoms with Crippen molar-refractivity contribution in [1.82, 2.24) is 0 Å². The van der Waals surface area contributed by atoms with Crippen molar-refractivity contribution >= 4 is 29.3 Å². The van der Waals surface area contributed by atoms with Crippen LogP contribution in [0.5, 0.6) is 0 Å². The molecule has 3 nitrogen and oxygen atoms in total. The molecule has 1 aromatic rings. The van der Waals surface area contributed by atoms with Gasteiger partial charge in [-0.3, -0.25) is 4.79 Å². The van der Waals surface area contributed by atoms with Crippen molar-refractivity contribution in [2.24, 2.45) is 5.73 Å². The smallest absolute Gasteiger partial charge is 0.320 e. The lowest BCUT2D eigenvalue weighted by molar-refractivity contribution is -0.138. The van der Waals surface area contributed by atoms with Crippen LogP contribution in [0.4, 0.5) is 0 Å². The van der Waals surface area contributed by atoms with E-state index in [4.69, 9.17) is 22.4 Å². The minimum atomic E-state index is -0.927. The lowest BCUT2D eigenvalue weighted by atomic mass is 10.2. The molecule has 0 radical (unpaired) electrons. The number of thioether (sulfide) groups is 1. The summed E-state index contributed by atoms with van der Waals surface area (Å²) >= 11 is 7.51. The first kappa shape index (κ1) is 14.4. The van der Waals surface area contributed by atoms with Crippen molar-refractivity contribution in [3.05, 3.63) is 34.9 Å². The van der Waals surface area contributed by atoms with Crippen LogP contribution in [0.25, 0.3) is 0 Å². The molecular weight excluding hydrogens is 258 g/mol. The van der Waals surface area contributed by atoms with Crippen molar-refractivity contribution in [3.63, 3.8) is 0 Å². The van der Waals surface area contributed by atoms with E-state index < -0.39 is 12.0 Å². The average Bonchev–Trinajstić information content (AvgIpc) is 2.30. The van der Waals surface area contributed by atoms with Gasteiger partial charge in [0, 0.05) is 5.02 Å². The summed E-state index contributed by atoms with van der Waals surface area (Å²) in [6, 6.07) is 7.03. The zero-order valence-electron chi connectivity index (χ0n) is 9.43. The number of carboxylic acids is 1. The molecule has 0 amide bonds. The van der Waals surface area contributed by atoms with Crippen molar-refractivity contribution < 1.29 is 9.90 Å². The lowest BCUT2D eigenvalue weighted by Crippen LogP contribution is -2.30. The number of rotatable bonds is 7. The molecule has 0 aliphatic carbocycles. The number of carboxylic acid groups (broad SMARTS) is 1. The summed E-state index contributed by atoms with van der Waals surface area (Å²) in [6.45, 7) is 0. The molecule has 3 N–H and O–H groups in total. The monoisotopic (exact) mass is 273 g/mol. The molecule has 0 saturated heterocycles. The van der Waals surface area contributed by atoms with Gasteiger partial charge in [-0.05, 0) is 42.0 Å². The third-order valence-electron chi connectivity index (χ3n) is 2.34. The van der Waals surface area contributed by atoms with Crippen LogP contribution in [0.15, 0.2) is 24.3 Å². The van der Waals surface area contributed by atoms with Crippen LogP contribution in [-0.4, -0.2) is 28.6 Å². The zero-order valence-corrected chi connectivity index (χ0v) is 11.0. The fourth-order valence-corrected chi connectivity index (χ4v) is 2.41. The Morgan fingerprint density at radius 1 is 1.35 bits per heavy atom. The van der Waals surface area contributed by atoms with Gasteiger partial charge in [-0.15, -0.1) is 0 Å². The Bertz CT molecular complexity index is 356. The molecule has 17 heavy (non-hydrogen) atoms. The van der Waals surface area contributed by atoms with Crippen LogP contribution < -0.4 is 5.73 Å². The molecule has 0 aliphatic heterocycles. The van der Waals surface area contributed by atoms with E-state index in [2.05, 4.69) is 0 Å². The van der Waals surface area contributed by atoms with E-state index in [1.165, 1.54) is 5.56 Å². The normalized spacial score (nSPS) is 12.4. The Balaban J connectivity index is 2.12. The van der Waals surface area contributed by atoms with E-state index in [0.29, 0.717) is 6.42 Å². The lowest BCUT2D eigenvalue weighted by Gasteiger charge is -2.05. The average molecular weight is 274 g/mol. The summed E-state index contributed by atoms with van der Waals surface area (Å²) < 4.78 is 0. The van der Waals surface area contributed by atoms with E-state index in [-0.39, 0.29) is 0 Å². The molecule has 0 heterocycles. The first-order valence-electron chi connectivity index (χ1n) is 5.40. The molecule has 0 bridgehead atoms. The Morgan fingerprint density at radius 2 is 2.00 bits per heavy atom. The van der Waals surface area contributed by atoms with E-state index in [0.717, 1.165) is 22.9 Å². The Labute approximate surface area is 110 Å². The summed E-state index contributed by atoms with van der Waals surface area (Å²) in [7, 11) is 0. The van der Waals surface area contributed by atoms with Crippen LogP contribution in [0.2, 0.25) is 5.02 Å². The number of hydrogen-bond donors (Lipinski definition) is 2. The van der Waals surface area contributed by atoms with Gasteiger partial charge in [-0.25, -0.2) is 0 Å². The van der Waals surface area contributed by atoms with Gasteiger partial charge < -0.3 is 10.8 Å². The van der Waals surface area contributed by atoms with Gasteiger partial charge in [0.25, 0.3) is 0 Å². The number of benzene rings is 1. The number of nitrogens with two attached hydrogens (primary N) is 1. The molecule has 0 saturated carbocycles. The van der Waals surface area contributed by atoms with Gasteiger partial charge in [0.05, 0.1) is 0 Å². The van der Waals surface area contributed by atoms with Crippen LogP contribution >= 0.6 is 23.4 Å². The number of carbonyl (C=O) groups is 1. The summed E-state index contributed by atoms with van der Waals surface area (Å²) in [5.41, 5.74) is 6.64. The van der Waals surface area contributed by atoms with Crippen molar-refractivity contribution in [2.45, 2.75) is 18.9 Å². The molecule has 0 aliphatic rings. The third-order valence-corrected chi connectivity index (χ3v) is 3.61. The molecule has 1 aromatic carbocycles.